The molecule has 2 atom stereocenters. The van der Waals surface area contributed by atoms with Gasteiger partial charge in [0, 0.05) is 36.7 Å². The number of thioether (sulfide) groups is 1. The Bertz CT molecular complexity index is 145. The first-order chi connectivity index (χ1) is 5.88. The maximum Gasteiger partial charge on any atom is 0.0247 e. The average molecular weight is 186 g/mol. The van der Waals surface area contributed by atoms with E-state index in [2.05, 4.69) is 16.7 Å². The van der Waals surface area contributed by atoms with Crippen LogP contribution in [0.15, 0.2) is 0 Å². The van der Waals surface area contributed by atoms with Crippen LogP contribution in [0.5, 0.6) is 0 Å². The third-order valence-electron chi connectivity index (χ3n) is 3.05. The van der Waals surface area contributed by atoms with Crippen molar-refractivity contribution in [3.05, 3.63) is 0 Å². The molecule has 2 fully saturated rings. The van der Waals surface area contributed by atoms with E-state index < -0.39 is 0 Å². The smallest absolute Gasteiger partial charge is 0.0247 e. The van der Waals surface area contributed by atoms with E-state index >= 15 is 0 Å². The lowest BCUT2D eigenvalue weighted by Crippen LogP contribution is -2.47. The lowest BCUT2D eigenvalue weighted by molar-refractivity contribution is 0.204. The molecule has 1 saturated carbocycles. The average Bonchev–Trinajstić information content (AvgIpc) is 2.53. The normalized spacial score (nSPS) is 38.8. The molecule has 0 amide bonds. The Morgan fingerprint density at radius 1 is 1.17 bits per heavy atom. The highest BCUT2D eigenvalue weighted by Gasteiger charge is 2.29. The molecular weight excluding hydrogens is 168 g/mol. The molecule has 2 rings (SSSR count). The molecule has 0 aromatic heterocycles. The molecule has 70 valence electrons. The third kappa shape index (κ3) is 1.78. The van der Waals surface area contributed by atoms with E-state index in [4.69, 9.17) is 5.73 Å². The molecule has 1 aliphatic carbocycles. The van der Waals surface area contributed by atoms with E-state index in [1.165, 1.54) is 43.9 Å². The lowest BCUT2D eigenvalue weighted by atomic mass is 10.1. The fourth-order valence-electron chi connectivity index (χ4n) is 2.33. The maximum atomic E-state index is 6.06. The quantitative estimate of drug-likeness (QED) is 0.660. The predicted octanol–water partition coefficient (Wildman–Crippen LogP) is 0.915. The van der Waals surface area contributed by atoms with Gasteiger partial charge in [-0.1, -0.05) is 6.42 Å². The summed E-state index contributed by atoms with van der Waals surface area (Å²) >= 11 is 2.08. The molecule has 1 heterocycles. The molecule has 2 nitrogen and oxygen atoms in total. The monoisotopic (exact) mass is 186 g/mol. The van der Waals surface area contributed by atoms with Crippen molar-refractivity contribution in [1.29, 1.82) is 0 Å². The van der Waals surface area contributed by atoms with Gasteiger partial charge < -0.3 is 5.73 Å². The molecule has 0 bridgehead atoms. The van der Waals surface area contributed by atoms with Crippen molar-refractivity contribution in [2.45, 2.75) is 31.3 Å². The Hall–Kier alpha value is 0.270. The van der Waals surface area contributed by atoms with Crippen molar-refractivity contribution < 1.29 is 0 Å². The molecule has 2 aliphatic rings. The van der Waals surface area contributed by atoms with Crippen molar-refractivity contribution in [3.63, 3.8) is 0 Å². The summed E-state index contributed by atoms with van der Waals surface area (Å²) in [5, 5.41) is 0. The molecule has 12 heavy (non-hydrogen) atoms. The van der Waals surface area contributed by atoms with Crippen molar-refractivity contribution in [1.82, 2.24) is 4.90 Å². The van der Waals surface area contributed by atoms with Gasteiger partial charge in [-0.15, -0.1) is 0 Å². The first-order valence-electron chi connectivity index (χ1n) is 4.95. The van der Waals surface area contributed by atoms with Gasteiger partial charge in [0.15, 0.2) is 0 Å². The van der Waals surface area contributed by atoms with Gasteiger partial charge in [-0.25, -0.2) is 0 Å². The number of hydrogen-bond acceptors (Lipinski definition) is 3. The SMILES string of the molecule is N[C@H]1CCC[C@H]1N1CCSCC1. The molecule has 1 saturated heterocycles. The van der Waals surface area contributed by atoms with Gasteiger partial charge >= 0.3 is 0 Å². The standard InChI is InChI=1S/C9H18N2S/c10-8-2-1-3-9(8)11-4-6-12-7-5-11/h8-9H,1-7,10H2/t8-,9+/m0/s1. The van der Waals surface area contributed by atoms with Gasteiger partial charge in [-0.05, 0) is 12.8 Å². The van der Waals surface area contributed by atoms with Crippen LogP contribution in [0.1, 0.15) is 19.3 Å². The first kappa shape index (κ1) is 8.85. The topological polar surface area (TPSA) is 29.3 Å². The molecule has 0 unspecified atom stereocenters. The Morgan fingerprint density at radius 3 is 2.50 bits per heavy atom. The zero-order valence-electron chi connectivity index (χ0n) is 7.54. The van der Waals surface area contributed by atoms with E-state index in [1.54, 1.807) is 0 Å². The van der Waals surface area contributed by atoms with Crippen LogP contribution in [-0.4, -0.2) is 41.6 Å². The van der Waals surface area contributed by atoms with Crippen LogP contribution in [0.25, 0.3) is 0 Å². The van der Waals surface area contributed by atoms with Crippen LogP contribution in [0, 0.1) is 0 Å². The van der Waals surface area contributed by atoms with Gasteiger partial charge in [-0.3, -0.25) is 4.90 Å². The molecule has 3 heteroatoms. The van der Waals surface area contributed by atoms with Crippen LogP contribution in [0.3, 0.4) is 0 Å². The van der Waals surface area contributed by atoms with Crippen LogP contribution < -0.4 is 5.73 Å². The second kappa shape index (κ2) is 3.99. The molecule has 0 aromatic carbocycles. The van der Waals surface area contributed by atoms with Crippen molar-refractivity contribution >= 4 is 11.8 Å². The minimum atomic E-state index is 0.466. The van der Waals surface area contributed by atoms with Gasteiger partial charge in [0.2, 0.25) is 0 Å². The summed E-state index contributed by atoms with van der Waals surface area (Å²) in [4.78, 5) is 2.61. The van der Waals surface area contributed by atoms with E-state index in [9.17, 15) is 0 Å². The van der Waals surface area contributed by atoms with E-state index in [0.717, 1.165) is 0 Å². The lowest BCUT2D eigenvalue weighted by Gasteiger charge is -2.34. The van der Waals surface area contributed by atoms with Crippen LogP contribution in [0.4, 0.5) is 0 Å². The number of hydrogen-bond donors (Lipinski definition) is 1. The number of nitrogens with zero attached hydrogens (tertiary/aromatic N) is 1. The van der Waals surface area contributed by atoms with Crippen LogP contribution in [0.2, 0.25) is 0 Å². The van der Waals surface area contributed by atoms with Crippen molar-refractivity contribution in [2.24, 2.45) is 5.73 Å². The highest BCUT2D eigenvalue weighted by molar-refractivity contribution is 7.99. The Morgan fingerprint density at radius 2 is 1.92 bits per heavy atom. The first-order valence-corrected chi connectivity index (χ1v) is 6.11. The minimum Gasteiger partial charge on any atom is -0.326 e. The minimum absolute atomic E-state index is 0.466. The molecule has 2 N–H and O–H groups in total. The summed E-state index contributed by atoms with van der Waals surface area (Å²) in [6.07, 6.45) is 3.93. The molecule has 0 radical (unpaired) electrons. The second-order valence-corrected chi connectivity index (χ2v) is 5.04. The maximum absolute atomic E-state index is 6.06. The van der Waals surface area contributed by atoms with Gasteiger partial charge in [0.25, 0.3) is 0 Å². The molecule has 1 aliphatic heterocycles. The summed E-state index contributed by atoms with van der Waals surface area (Å²) in [7, 11) is 0. The highest BCUT2D eigenvalue weighted by atomic mass is 32.2. The van der Waals surface area contributed by atoms with Crippen LogP contribution in [-0.2, 0) is 0 Å². The molecule has 0 aromatic rings. The molecular formula is C9H18N2S. The second-order valence-electron chi connectivity index (χ2n) is 3.81. The fraction of sp³-hybridized carbons (Fsp3) is 1.00. The summed E-state index contributed by atoms with van der Waals surface area (Å²) in [5.74, 6) is 2.62. The summed E-state index contributed by atoms with van der Waals surface area (Å²) in [6, 6.07) is 1.18. The predicted molar refractivity (Wildman–Crippen MR) is 54.5 cm³/mol. The third-order valence-corrected chi connectivity index (χ3v) is 3.99. The van der Waals surface area contributed by atoms with E-state index in [0.29, 0.717) is 12.1 Å². The molecule has 0 spiro atoms. The Labute approximate surface area is 78.9 Å². The highest BCUT2D eigenvalue weighted by Crippen LogP contribution is 2.24. The zero-order chi connectivity index (χ0) is 8.39. The van der Waals surface area contributed by atoms with Gasteiger partial charge in [0.05, 0.1) is 0 Å². The Kier molecular flexibility index (Phi) is 2.94. The largest absolute Gasteiger partial charge is 0.326 e. The fourth-order valence-corrected chi connectivity index (χ4v) is 3.26. The van der Waals surface area contributed by atoms with E-state index in [1.807, 2.05) is 0 Å². The summed E-state index contributed by atoms with van der Waals surface area (Å²) in [5.41, 5.74) is 6.06. The van der Waals surface area contributed by atoms with Gasteiger partial charge in [-0.2, -0.15) is 11.8 Å². The van der Waals surface area contributed by atoms with Crippen molar-refractivity contribution in [3.8, 4) is 0 Å². The van der Waals surface area contributed by atoms with Gasteiger partial charge in [0.1, 0.15) is 0 Å². The number of rotatable bonds is 1. The zero-order valence-corrected chi connectivity index (χ0v) is 8.35. The Balaban J connectivity index is 1.89. The number of nitrogens with two attached hydrogens (primary N) is 1. The van der Waals surface area contributed by atoms with E-state index in [-0.39, 0.29) is 0 Å². The van der Waals surface area contributed by atoms with Crippen LogP contribution >= 0.6 is 11.8 Å². The summed E-state index contributed by atoms with van der Waals surface area (Å²) < 4.78 is 0. The van der Waals surface area contributed by atoms with Crippen molar-refractivity contribution in [2.75, 3.05) is 24.6 Å². The summed E-state index contributed by atoms with van der Waals surface area (Å²) in [6.45, 7) is 2.53.